The van der Waals surface area contributed by atoms with Gasteiger partial charge in [0.05, 0.1) is 16.6 Å². The summed E-state index contributed by atoms with van der Waals surface area (Å²) in [7, 11) is 1.65. The van der Waals surface area contributed by atoms with E-state index in [1.807, 2.05) is 0 Å². The van der Waals surface area contributed by atoms with Crippen LogP contribution in [0.5, 0.6) is 0 Å². The molecule has 0 bridgehead atoms. The zero-order chi connectivity index (χ0) is 18.4. The molecule has 7 heteroatoms. The highest BCUT2D eigenvalue weighted by Gasteiger charge is 2.12. The van der Waals surface area contributed by atoms with E-state index < -0.39 is 4.92 Å². The smallest absolute Gasteiger partial charge is 0.321 e. The molecule has 0 radical (unpaired) electrons. The maximum atomic E-state index is 12.3. The summed E-state index contributed by atoms with van der Waals surface area (Å²) >= 11 is 0. The Bertz CT molecular complexity index is 842. The van der Waals surface area contributed by atoms with Crippen molar-refractivity contribution >= 4 is 17.4 Å². The third kappa shape index (κ3) is 4.54. The Morgan fingerprint density at radius 1 is 1.32 bits per heavy atom. The van der Waals surface area contributed by atoms with Crippen LogP contribution < -0.4 is 5.32 Å². The van der Waals surface area contributed by atoms with Crippen molar-refractivity contribution in [3.8, 4) is 6.07 Å². The minimum Gasteiger partial charge on any atom is -0.327 e. The van der Waals surface area contributed by atoms with Gasteiger partial charge in [0.1, 0.15) is 0 Å². The van der Waals surface area contributed by atoms with Crippen molar-refractivity contribution in [2.24, 2.45) is 0 Å². The van der Waals surface area contributed by atoms with Gasteiger partial charge in [0, 0.05) is 31.4 Å². The van der Waals surface area contributed by atoms with Gasteiger partial charge in [-0.05, 0) is 36.6 Å². The number of rotatable bonds is 5. The van der Waals surface area contributed by atoms with Crippen LogP contribution in [-0.2, 0) is 6.42 Å². The van der Waals surface area contributed by atoms with Crippen molar-refractivity contribution in [1.82, 2.24) is 4.90 Å². The Balaban J connectivity index is 1.98. The van der Waals surface area contributed by atoms with E-state index in [4.69, 9.17) is 5.26 Å². The fourth-order valence-electron chi connectivity index (χ4n) is 2.33. The highest BCUT2D eigenvalue weighted by atomic mass is 16.6. The van der Waals surface area contributed by atoms with Gasteiger partial charge in [-0.1, -0.05) is 18.2 Å². The fraction of sp³-hybridized carbons (Fsp3) is 0.222. The van der Waals surface area contributed by atoms with Crippen molar-refractivity contribution in [3.63, 3.8) is 0 Å². The summed E-state index contributed by atoms with van der Waals surface area (Å²) in [5, 5.41) is 22.6. The number of hydrogen-bond acceptors (Lipinski definition) is 4. The number of carbonyl (C=O) groups is 1. The van der Waals surface area contributed by atoms with Crippen molar-refractivity contribution < 1.29 is 9.72 Å². The number of urea groups is 1. The van der Waals surface area contributed by atoms with E-state index in [-0.39, 0.29) is 11.7 Å². The number of amides is 2. The average Bonchev–Trinajstić information content (AvgIpc) is 2.61. The molecular weight excluding hydrogens is 320 g/mol. The van der Waals surface area contributed by atoms with E-state index in [0.717, 1.165) is 5.56 Å². The molecule has 2 rings (SSSR count). The largest absolute Gasteiger partial charge is 0.327 e. The molecule has 0 saturated carbocycles. The van der Waals surface area contributed by atoms with Gasteiger partial charge in [0.15, 0.2) is 0 Å². The number of benzene rings is 2. The summed E-state index contributed by atoms with van der Waals surface area (Å²) < 4.78 is 0. The normalized spacial score (nSPS) is 9.96. The minimum absolute atomic E-state index is 0.0357. The number of likely N-dealkylation sites (N-methyl/N-ethyl adjacent to an activating group) is 1. The molecule has 0 aromatic heterocycles. The quantitative estimate of drug-likeness (QED) is 0.666. The minimum atomic E-state index is -0.440. The lowest BCUT2D eigenvalue weighted by Crippen LogP contribution is -2.33. The first-order chi connectivity index (χ1) is 11.9. The van der Waals surface area contributed by atoms with E-state index in [2.05, 4.69) is 11.4 Å². The van der Waals surface area contributed by atoms with E-state index in [1.54, 1.807) is 44.3 Å². The number of nitro benzene ring substituents is 1. The molecule has 0 fully saturated rings. The lowest BCUT2D eigenvalue weighted by atomic mass is 10.1. The lowest BCUT2D eigenvalue weighted by molar-refractivity contribution is -0.384. The average molecular weight is 338 g/mol. The van der Waals surface area contributed by atoms with Crippen molar-refractivity contribution in [3.05, 3.63) is 69.3 Å². The third-order valence-corrected chi connectivity index (χ3v) is 3.90. The Morgan fingerprint density at radius 3 is 2.72 bits per heavy atom. The van der Waals surface area contributed by atoms with Crippen LogP contribution in [-0.4, -0.2) is 29.4 Å². The van der Waals surface area contributed by atoms with Crippen LogP contribution >= 0.6 is 0 Å². The molecule has 0 spiro atoms. The first-order valence-electron chi connectivity index (χ1n) is 7.67. The zero-order valence-corrected chi connectivity index (χ0v) is 14.0. The summed E-state index contributed by atoms with van der Waals surface area (Å²) in [5.74, 6) is 0. The van der Waals surface area contributed by atoms with E-state index in [0.29, 0.717) is 29.8 Å². The third-order valence-electron chi connectivity index (χ3n) is 3.90. The molecule has 0 aliphatic heterocycles. The number of carbonyl (C=O) groups excluding carboxylic acids is 1. The van der Waals surface area contributed by atoms with Gasteiger partial charge >= 0.3 is 6.03 Å². The van der Waals surface area contributed by atoms with Gasteiger partial charge in [-0.3, -0.25) is 10.1 Å². The monoisotopic (exact) mass is 338 g/mol. The van der Waals surface area contributed by atoms with Gasteiger partial charge in [0.25, 0.3) is 5.69 Å². The number of anilines is 1. The van der Waals surface area contributed by atoms with Crippen LogP contribution in [0.3, 0.4) is 0 Å². The molecule has 0 heterocycles. The van der Waals surface area contributed by atoms with Gasteiger partial charge in [0.2, 0.25) is 0 Å². The predicted octanol–water partition coefficient (Wildman–Crippen LogP) is 3.48. The molecule has 0 atom stereocenters. The molecule has 2 aromatic carbocycles. The van der Waals surface area contributed by atoms with Crippen molar-refractivity contribution in [2.75, 3.05) is 18.9 Å². The topological polar surface area (TPSA) is 99.3 Å². The molecule has 1 N–H and O–H groups in total. The molecule has 0 unspecified atom stereocenters. The summed E-state index contributed by atoms with van der Waals surface area (Å²) in [6.45, 7) is 2.18. The second-order valence-electron chi connectivity index (χ2n) is 5.62. The van der Waals surface area contributed by atoms with Gasteiger partial charge < -0.3 is 10.2 Å². The fourth-order valence-corrected chi connectivity index (χ4v) is 2.33. The Labute approximate surface area is 145 Å². The molecule has 2 amide bonds. The highest BCUT2D eigenvalue weighted by molar-refractivity contribution is 5.90. The van der Waals surface area contributed by atoms with Crippen molar-refractivity contribution in [1.29, 1.82) is 5.26 Å². The van der Waals surface area contributed by atoms with Crippen LogP contribution in [0.1, 0.15) is 16.7 Å². The molecule has 2 aromatic rings. The van der Waals surface area contributed by atoms with E-state index in [1.165, 1.54) is 17.0 Å². The number of nitriles is 1. The standard InChI is InChI=1S/C18H18N4O3/c1-13-15(12-19)6-4-8-17(13)20-18(23)21(2)10-9-14-5-3-7-16(11-14)22(24)25/h3-8,11H,9-10H2,1-2H3,(H,20,23). The second kappa shape index (κ2) is 7.93. The lowest BCUT2D eigenvalue weighted by Gasteiger charge is -2.19. The number of non-ortho nitro benzene ring substituents is 1. The number of nitro groups is 1. The molecule has 0 aliphatic rings. The Hall–Kier alpha value is -3.40. The van der Waals surface area contributed by atoms with Crippen LogP contribution in [0.15, 0.2) is 42.5 Å². The molecule has 25 heavy (non-hydrogen) atoms. The zero-order valence-electron chi connectivity index (χ0n) is 14.0. The predicted molar refractivity (Wildman–Crippen MR) is 94.3 cm³/mol. The molecule has 0 saturated heterocycles. The van der Waals surface area contributed by atoms with E-state index in [9.17, 15) is 14.9 Å². The second-order valence-corrected chi connectivity index (χ2v) is 5.62. The van der Waals surface area contributed by atoms with Crippen molar-refractivity contribution in [2.45, 2.75) is 13.3 Å². The first-order valence-corrected chi connectivity index (χ1v) is 7.67. The van der Waals surface area contributed by atoms with Crippen LogP contribution in [0, 0.1) is 28.4 Å². The van der Waals surface area contributed by atoms with Crippen LogP contribution in [0.2, 0.25) is 0 Å². The molecule has 0 aliphatic carbocycles. The molecule has 7 nitrogen and oxygen atoms in total. The maximum absolute atomic E-state index is 12.3. The number of nitrogens with zero attached hydrogens (tertiary/aromatic N) is 3. The number of nitrogens with one attached hydrogen (secondary N) is 1. The van der Waals surface area contributed by atoms with Crippen LogP contribution in [0.25, 0.3) is 0 Å². The summed E-state index contributed by atoms with van der Waals surface area (Å²) in [6, 6.07) is 13.3. The Morgan fingerprint density at radius 2 is 2.04 bits per heavy atom. The van der Waals surface area contributed by atoms with E-state index >= 15 is 0 Å². The number of hydrogen-bond donors (Lipinski definition) is 1. The maximum Gasteiger partial charge on any atom is 0.321 e. The highest BCUT2D eigenvalue weighted by Crippen LogP contribution is 2.19. The van der Waals surface area contributed by atoms with Crippen LogP contribution in [0.4, 0.5) is 16.2 Å². The Kier molecular flexibility index (Phi) is 5.69. The summed E-state index contributed by atoms with van der Waals surface area (Å²) in [6.07, 6.45) is 0.503. The SMILES string of the molecule is Cc1c(C#N)cccc1NC(=O)N(C)CCc1cccc([N+](=O)[O-])c1. The first kappa shape index (κ1) is 17.9. The van der Waals surface area contributed by atoms with Gasteiger partial charge in [-0.15, -0.1) is 0 Å². The summed E-state index contributed by atoms with van der Waals surface area (Å²) in [4.78, 5) is 24.1. The van der Waals surface area contributed by atoms with Gasteiger partial charge in [-0.2, -0.15) is 5.26 Å². The van der Waals surface area contributed by atoms with Gasteiger partial charge in [-0.25, -0.2) is 4.79 Å². The molecule has 128 valence electrons. The molecular formula is C18H18N4O3. The summed E-state index contributed by atoms with van der Waals surface area (Å²) in [5.41, 5.74) is 2.64.